The number of hydrogen-bond donors (Lipinski definition) is 3. The van der Waals surface area contributed by atoms with Gasteiger partial charge in [-0.3, -0.25) is 4.79 Å². The Labute approximate surface area is 181 Å². The number of aliphatic hydroxyl groups is 1. The lowest BCUT2D eigenvalue weighted by atomic mass is 10.1. The number of nitrogens with zero attached hydrogens (tertiary/aromatic N) is 3. The standard InChI is InChI=1S/C20H23F2N5O5/c1-2-13(28)16(18(23)29)24-10-3-4-11-14(7-10)31-6-5-26-8-15(25-19(11)26)27-12(17(21)22)9-32-20(27)30/h3-4,7-8,12-13,16-17,24,28H,2,5-6,9H2,1H3,(H2,23,29)/t12-,13?,16-/m0/s1. The first-order chi connectivity index (χ1) is 15.3. The average molecular weight is 451 g/mol. The van der Waals surface area contributed by atoms with Crippen molar-refractivity contribution in [2.24, 2.45) is 5.73 Å². The van der Waals surface area contributed by atoms with Crippen molar-refractivity contribution in [2.45, 2.75) is 44.5 Å². The van der Waals surface area contributed by atoms with Crippen molar-refractivity contribution < 1.29 is 33.0 Å². The molecule has 1 fully saturated rings. The van der Waals surface area contributed by atoms with Crippen LogP contribution >= 0.6 is 0 Å². The molecule has 0 bridgehead atoms. The van der Waals surface area contributed by atoms with E-state index in [1.165, 1.54) is 6.20 Å². The molecule has 1 aromatic carbocycles. The lowest BCUT2D eigenvalue weighted by Gasteiger charge is -2.22. The van der Waals surface area contributed by atoms with Crippen LogP contribution in [-0.4, -0.2) is 64.5 Å². The monoisotopic (exact) mass is 451 g/mol. The second kappa shape index (κ2) is 8.61. The average Bonchev–Trinajstić information content (AvgIpc) is 3.30. The van der Waals surface area contributed by atoms with Crippen LogP contribution in [0.3, 0.4) is 0 Å². The van der Waals surface area contributed by atoms with Crippen molar-refractivity contribution in [3.8, 4) is 17.1 Å². The molecular weight excluding hydrogens is 428 g/mol. The van der Waals surface area contributed by atoms with Gasteiger partial charge < -0.3 is 30.2 Å². The fraction of sp³-hybridized carbons (Fsp3) is 0.450. The number of alkyl halides is 2. The number of nitrogens with two attached hydrogens (primary N) is 1. The van der Waals surface area contributed by atoms with E-state index in [-0.39, 0.29) is 12.4 Å². The molecule has 4 rings (SSSR count). The van der Waals surface area contributed by atoms with Crippen LogP contribution in [0.2, 0.25) is 0 Å². The highest BCUT2D eigenvalue weighted by Crippen LogP contribution is 2.37. The quantitative estimate of drug-likeness (QED) is 0.582. The maximum atomic E-state index is 13.3. The predicted molar refractivity (Wildman–Crippen MR) is 110 cm³/mol. The number of cyclic esters (lactones) is 1. The van der Waals surface area contributed by atoms with Crippen molar-refractivity contribution in [3.63, 3.8) is 0 Å². The normalized spacial score (nSPS) is 19.5. The third-order valence-electron chi connectivity index (χ3n) is 5.45. The largest absolute Gasteiger partial charge is 0.491 e. The van der Waals surface area contributed by atoms with Crippen LogP contribution in [0.1, 0.15) is 13.3 Å². The van der Waals surface area contributed by atoms with Crippen molar-refractivity contribution in [1.82, 2.24) is 9.55 Å². The van der Waals surface area contributed by atoms with Crippen molar-refractivity contribution in [2.75, 3.05) is 23.4 Å². The van der Waals surface area contributed by atoms with Gasteiger partial charge in [0, 0.05) is 18.0 Å². The number of anilines is 2. The van der Waals surface area contributed by atoms with E-state index >= 15 is 0 Å². The number of rotatable bonds is 7. The summed E-state index contributed by atoms with van der Waals surface area (Å²) in [4.78, 5) is 29.0. The minimum absolute atomic E-state index is 0.0720. The molecule has 0 saturated carbocycles. The van der Waals surface area contributed by atoms with Crippen LogP contribution in [0.4, 0.5) is 25.1 Å². The van der Waals surface area contributed by atoms with Crippen LogP contribution < -0.4 is 20.7 Å². The Kier molecular flexibility index (Phi) is 5.87. The van der Waals surface area contributed by atoms with E-state index < -0.39 is 43.2 Å². The Morgan fingerprint density at radius 2 is 2.19 bits per heavy atom. The van der Waals surface area contributed by atoms with E-state index in [2.05, 4.69) is 10.3 Å². The fourth-order valence-electron chi connectivity index (χ4n) is 3.73. The van der Waals surface area contributed by atoms with E-state index in [4.69, 9.17) is 15.2 Å². The second-order valence-electron chi connectivity index (χ2n) is 7.52. The van der Waals surface area contributed by atoms with Crippen LogP contribution in [-0.2, 0) is 16.1 Å². The van der Waals surface area contributed by atoms with Gasteiger partial charge in [0.15, 0.2) is 5.82 Å². The van der Waals surface area contributed by atoms with Gasteiger partial charge in [-0.15, -0.1) is 0 Å². The molecule has 32 heavy (non-hydrogen) atoms. The SMILES string of the molecule is CCC(O)[C@H](Nc1ccc2c(c1)OCCn1cc(N3C(=O)OC[C@H]3C(F)F)nc1-2)C(N)=O. The Balaban J connectivity index is 1.66. The third kappa shape index (κ3) is 3.93. The van der Waals surface area contributed by atoms with Gasteiger partial charge in [0.05, 0.1) is 18.2 Å². The zero-order valence-electron chi connectivity index (χ0n) is 17.2. The molecule has 4 N–H and O–H groups in total. The Hall–Kier alpha value is -3.41. The van der Waals surface area contributed by atoms with E-state index in [0.717, 1.165) is 4.90 Å². The number of primary amides is 1. The zero-order chi connectivity index (χ0) is 23.0. The minimum atomic E-state index is -2.77. The van der Waals surface area contributed by atoms with Gasteiger partial charge in [-0.05, 0) is 18.6 Å². The van der Waals surface area contributed by atoms with E-state index in [1.807, 2.05) is 0 Å². The number of hydrogen-bond acceptors (Lipinski definition) is 7. The first-order valence-corrected chi connectivity index (χ1v) is 10.1. The number of benzene rings is 1. The van der Waals surface area contributed by atoms with Gasteiger partial charge in [-0.25, -0.2) is 23.5 Å². The molecule has 3 atom stereocenters. The van der Waals surface area contributed by atoms with Gasteiger partial charge in [-0.1, -0.05) is 6.92 Å². The molecule has 1 aromatic heterocycles. The number of aromatic nitrogens is 2. The summed E-state index contributed by atoms with van der Waals surface area (Å²) in [6, 6.07) is 2.61. The molecule has 172 valence electrons. The number of halogens is 2. The van der Waals surface area contributed by atoms with Crippen LogP contribution in [0.15, 0.2) is 24.4 Å². The molecule has 10 nitrogen and oxygen atoms in total. The Bertz CT molecular complexity index is 1030. The van der Waals surface area contributed by atoms with Crippen molar-refractivity contribution >= 4 is 23.5 Å². The molecule has 0 radical (unpaired) electrons. The van der Waals surface area contributed by atoms with Crippen LogP contribution in [0.25, 0.3) is 11.4 Å². The summed E-state index contributed by atoms with van der Waals surface area (Å²) in [5.41, 5.74) is 6.47. The highest BCUT2D eigenvalue weighted by atomic mass is 19.3. The van der Waals surface area contributed by atoms with Gasteiger partial charge in [0.1, 0.15) is 36.9 Å². The summed E-state index contributed by atoms with van der Waals surface area (Å²) in [6.07, 6.45) is -2.75. The first kappa shape index (κ1) is 21.8. The molecule has 2 aliphatic rings. The minimum Gasteiger partial charge on any atom is -0.491 e. The summed E-state index contributed by atoms with van der Waals surface area (Å²) < 4.78 is 39.0. The van der Waals surface area contributed by atoms with Gasteiger partial charge >= 0.3 is 6.09 Å². The maximum absolute atomic E-state index is 13.3. The van der Waals surface area contributed by atoms with Crippen LogP contribution in [0.5, 0.6) is 5.75 Å². The molecule has 0 aliphatic carbocycles. The van der Waals surface area contributed by atoms with Gasteiger partial charge in [0.2, 0.25) is 5.91 Å². The summed E-state index contributed by atoms with van der Waals surface area (Å²) in [6.45, 7) is 1.96. The van der Waals surface area contributed by atoms with Gasteiger partial charge in [-0.2, -0.15) is 0 Å². The number of amides is 2. The number of nitrogens with one attached hydrogen (secondary N) is 1. The van der Waals surface area contributed by atoms with Crippen molar-refractivity contribution in [3.05, 3.63) is 24.4 Å². The lowest BCUT2D eigenvalue weighted by molar-refractivity contribution is -0.120. The number of imidazole rings is 1. The molecule has 0 spiro atoms. The maximum Gasteiger partial charge on any atom is 0.416 e. The summed E-state index contributed by atoms with van der Waals surface area (Å²) in [5.74, 6) is 0.255. The van der Waals surface area contributed by atoms with E-state index in [0.29, 0.717) is 35.8 Å². The molecule has 2 amide bonds. The number of carbonyl (C=O) groups excluding carboxylic acids is 2. The summed E-state index contributed by atoms with van der Waals surface area (Å²) >= 11 is 0. The molecular formula is C20H23F2N5O5. The van der Waals surface area contributed by atoms with E-state index in [1.54, 1.807) is 29.7 Å². The molecule has 1 saturated heterocycles. The first-order valence-electron chi connectivity index (χ1n) is 10.1. The number of carbonyl (C=O) groups is 2. The van der Waals surface area contributed by atoms with E-state index in [9.17, 15) is 23.5 Å². The summed E-state index contributed by atoms with van der Waals surface area (Å²) in [7, 11) is 0. The summed E-state index contributed by atoms with van der Waals surface area (Å²) in [5, 5.41) is 13.0. The topological polar surface area (TPSA) is 132 Å². The fourth-order valence-corrected chi connectivity index (χ4v) is 3.73. The van der Waals surface area contributed by atoms with Gasteiger partial charge in [0.25, 0.3) is 6.43 Å². The third-order valence-corrected chi connectivity index (χ3v) is 5.45. The molecule has 2 aliphatic heterocycles. The highest BCUT2D eigenvalue weighted by Gasteiger charge is 2.42. The van der Waals surface area contributed by atoms with Crippen LogP contribution in [0, 0.1) is 0 Å². The molecule has 2 aromatic rings. The molecule has 3 heterocycles. The number of ether oxygens (including phenoxy) is 2. The van der Waals surface area contributed by atoms with Crippen molar-refractivity contribution in [1.29, 1.82) is 0 Å². The highest BCUT2D eigenvalue weighted by molar-refractivity contribution is 5.90. The smallest absolute Gasteiger partial charge is 0.416 e. The number of aliphatic hydroxyl groups excluding tert-OH is 1. The second-order valence-corrected chi connectivity index (χ2v) is 7.52. The lowest BCUT2D eigenvalue weighted by Crippen LogP contribution is -2.44. The molecule has 1 unspecified atom stereocenters. The zero-order valence-corrected chi connectivity index (χ0v) is 17.2. The Morgan fingerprint density at radius 3 is 2.88 bits per heavy atom. The number of fused-ring (bicyclic) bond motifs is 3. The Morgan fingerprint density at radius 1 is 1.41 bits per heavy atom. The predicted octanol–water partition coefficient (Wildman–Crippen LogP) is 1.57. The molecule has 12 heteroatoms.